The molecule has 2 aromatic carbocycles. The molecule has 8 heteroatoms. The second-order valence-electron chi connectivity index (χ2n) is 6.55. The smallest absolute Gasteiger partial charge is 0.270 e. The number of carbonyl (C=O) groups excluding carboxylic acids is 1. The lowest BCUT2D eigenvalue weighted by atomic mass is 10.1. The van der Waals surface area contributed by atoms with Crippen molar-refractivity contribution in [1.82, 2.24) is 0 Å². The SMILES string of the molecule is Cc1ccc(NC(=O)/C(C#N)=C/c2ccc(-c3cc([N+](=O)[O-])ccc3Cl)o2)cc1C. The molecule has 150 valence electrons. The number of rotatable bonds is 5. The fraction of sp³-hybridized carbons (Fsp3) is 0.0909. The van der Waals surface area contributed by atoms with E-state index >= 15 is 0 Å². The van der Waals surface area contributed by atoms with Gasteiger partial charge in [0, 0.05) is 29.5 Å². The maximum atomic E-state index is 12.5. The van der Waals surface area contributed by atoms with E-state index in [2.05, 4.69) is 5.32 Å². The predicted molar refractivity (Wildman–Crippen MR) is 114 cm³/mol. The van der Waals surface area contributed by atoms with Gasteiger partial charge in [0.25, 0.3) is 11.6 Å². The van der Waals surface area contributed by atoms with Crippen LogP contribution in [0.4, 0.5) is 11.4 Å². The summed E-state index contributed by atoms with van der Waals surface area (Å²) in [4.78, 5) is 22.9. The van der Waals surface area contributed by atoms with Crippen LogP contribution in [0.1, 0.15) is 16.9 Å². The maximum Gasteiger partial charge on any atom is 0.270 e. The molecule has 7 nitrogen and oxygen atoms in total. The lowest BCUT2D eigenvalue weighted by Crippen LogP contribution is -2.13. The average Bonchev–Trinajstić information content (AvgIpc) is 3.17. The molecule has 0 aliphatic rings. The molecule has 30 heavy (non-hydrogen) atoms. The first-order valence-corrected chi connectivity index (χ1v) is 9.21. The summed E-state index contributed by atoms with van der Waals surface area (Å²) in [5.74, 6) is -0.0618. The van der Waals surface area contributed by atoms with Crippen LogP contribution in [0.3, 0.4) is 0 Å². The van der Waals surface area contributed by atoms with E-state index in [0.717, 1.165) is 11.1 Å². The van der Waals surface area contributed by atoms with E-state index in [0.29, 0.717) is 11.3 Å². The summed E-state index contributed by atoms with van der Waals surface area (Å²) < 4.78 is 5.64. The number of benzene rings is 2. The highest BCUT2D eigenvalue weighted by Crippen LogP contribution is 2.33. The number of carbonyl (C=O) groups is 1. The fourth-order valence-electron chi connectivity index (χ4n) is 2.70. The Morgan fingerprint density at radius 1 is 1.17 bits per heavy atom. The Morgan fingerprint density at radius 3 is 2.60 bits per heavy atom. The third-order valence-corrected chi connectivity index (χ3v) is 4.80. The Morgan fingerprint density at radius 2 is 1.93 bits per heavy atom. The number of nitro groups is 1. The van der Waals surface area contributed by atoms with Crippen molar-refractivity contribution >= 4 is 35.0 Å². The number of nitro benzene ring substituents is 1. The number of hydrogen-bond donors (Lipinski definition) is 1. The van der Waals surface area contributed by atoms with Gasteiger partial charge >= 0.3 is 0 Å². The van der Waals surface area contributed by atoms with Crippen LogP contribution in [0.5, 0.6) is 0 Å². The minimum absolute atomic E-state index is 0.131. The van der Waals surface area contributed by atoms with E-state index in [1.807, 2.05) is 32.0 Å². The summed E-state index contributed by atoms with van der Waals surface area (Å²) in [6.45, 7) is 3.89. The molecule has 0 saturated carbocycles. The number of halogens is 1. The molecule has 1 aromatic heterocycles. The number of aryl methyl sites for hydroxylation is 2. The van der Waals surface area contributed by atoms with Crippen molar-refractivity contribution < 1.29 is 14.1 Å². The Bertz CT molecular complexity index is 1220. The molecule has 0 atom stereocenters. The van der Waals surface area contributed by atoms with Crippen LogP contribution < -0.4 is 5.32 Å². The number of hydrogen-bond acceptors (Lipinski definition) is 5. The van der Waals surface area contributed by atoms with Gasteiger partial charge in [-0.1, -0.05) is 17.7 Å². The predicted octanol–water partition coefficient (Wildman–Crippen LogP) is 5.67. The lowest BCUT2D eigenvalue weighted by Gasteiger charge is -2.06. The molecule has 0 aliphatic carbocycles. The number of nitrogens with one attached hydrogen (secondary N) is 1. The average molecular weight is 422 g/mol. The first kappa shape index (κ1) is 20.8. The number of nitriles is 1. The van der Waals surface area contributed by atoms with Crippen molar-refractivity contribution in [1.29, 1.82) is 5.26 Å². The second kappa shape index (κ2) is 8.64. The van der Waals surface area contributed by atoms with E-state index in [1.54, 1.807) is 18.2 Å². The third kappa shape index (κ3) is 4.57. The van der Waals surface area contributed by atoms with Gasteiger partial charge in [-0.15, -0.1) is 0 Å². The molecule has 0 radical (unpaired) electrons. The van der Waals surface area contributed by atoms with Gasteiger partial charge < -0.3 is 9.73 Å². The molecular weight excluding hydrogens is 406 g/mol. The van der Waals surface area contributed by atoms with Gasteiger partial charge in [-0.05, 0) is 55.3 Å². The van der Waals surface area contributed by atoms with Crippen molar-refractivity contribution in [3.8, 4) is 17.4 Å². The maximum absolute atomic E-state index is 12.5. The van der Waals surface area contributed by atoms with E-state index in [1.165, 1.54) is 24.3 Å². The molecule has 3 rings (SSSR count). The molecule has 0 fully saturated rings. The highest BCUT2D eigenvalue weighted by atomic mass is 35.5. The monoisotopic (exact) mass is 421 g/mol. The quantitative estimate of drug-likeness (QED) is 0.247. The summed E-state index contributed by atoms with van der Waals surface area (Å²) in [5, 5.41) is 23.3. The summed E-state index contributed by atoms with van der Waals surface area (Å²) in [5.41, 5.74) is 2.73. The van der Waals surface area contributed by atoms with Crippen LogP contribution in [0.2, 0.25) is 5.02 Å². The standard InChI is InChI=1S/C22H16ClN3O4/c1-13-3-4-16(9-14(13)2)25-22(27)15(12-24)10-18-6-8-21(30-18)19-11-17(26(28)29)5-7-20(19)23/h3-11H,1-2H3,(H,25,27)/b15-10+. The summed E-state index contributed by atoms with van der Waals surface area (Å²) in [6.07, 6.45) is 1.30. The third-order valence-electron chi connectivity index (χ3n) is 4.47. The normalized spacial score (nSPS) is 11.1. The summed E-state index contributed by atoms with van der Waals surface area (Å²) in [6, 6.07) is 14.4. The molecule has 1 heterocycles. The van der Waals surface area contributed by atoms with Crippen LogP contribution in [0.25, 0.3) is 17.4 Å². The summed E-state index contributed by atoms with van der Waals surface area (Å²) in [7, 11) is 0. The van der Waals surface area contributed by atoms with E-state index in [9.17, 15) is 20.2 Å². The lowest BCUT2D eigenvalue weighted by molar-refractivity contribution is -0.384. The van der Waals surface area contributed by atoms with Crippen LogP contribution in [0, 0.1) is 35.3 Å². The van der Waals surface area contributed by atoms with Crippen LogP contribution in [-0.4, -0.2) is 10.8 Å². The molecule has 1 N–H and O–H groups in total. The first-order chi connectivity index (χ1) is 14.3. The van der Waals surface area contributed by atoms with Crippen LogP contribution in [-0.2, 0) is 4.79 Å². The van der Waals surface area contributed by atoms with E-state index in [4.69, 9.17) is 16.0 Å². The fourth-order valence-corrected chi connectivity index (χ4v) is 2.91. The number of furan rings is 1. The molecule has 0 spiro atoms. The number of non-ortho nitro benzene ring substituents is 1. The van der Waals surface area contributed by atoms with E-state index in [-0.39, 0.29) is 27.8 Å². The topological polar surface area (TPSA) is 109 Å². The van der Waals surface area contributed by atoms with Gasteiger partial charge in [-0.2, -0.15) is 5.26 Å². The van der Waals surface area contributed by atoms with Crippen molar-refractivity contribution in [3.63, 3.8) is 0 Å². The van der Waals surface area contributed by atoms with Crippen molar-refractivity contribution in [2.75, 3.05) is 5.32 Å². The number of amides is 1. The Kier molecular flexibility index (Phi) is 6.00. The molecule has 0 bridgehead atoms. The highest BCUT2D eigenvalue weighted by molar-refractivity contribution is 6.33. The van der Waals surface area contributed by atoms with Gasteiger partial charge in [-0.25, -0.2) is 0 Å². The Hall–Kier alpha value is -3.89. The van der Waals surface area contributed by atoms with Gasteiger partial charge in [0.15, 0.2) is 0 Å². The largest absolute Gasteiger partial charge is 0.457 e. The first-order valence-electron chi connectivity index (χ1n) is 8.83. The van der Waals surface area contributed by atoms with Gasteiger partial charge in [0.2, 0.25) is 0 Å². The van der Waals surface area contributed by atoms with Crippen LogP contribution >= 0.6 is 11.6 Å². The Labute approximate surface area is 177 Å². The van der Waals surface area contributed by atoms with Crippen molar-refractivity contribution in [2.45, 2.75) is 13.8 Å². The zero-order chi connectivity index (χ0) is 21.8. The molecule has 1 amide bonds. The highest BCUT2D eigenvalue weighted by Gasteiger charge is 2.15. The molecule has 0 saturated heterocycles. The number of anilines is 1. The zero-order valence-corrected chi connectivity index (χ0v) is 16.9. The second-order valence-corrected chi connectivity index (χ2v) is 6.95. The van der Waals surface area contributed by atoms with Crippen LogP contribution in [0.15, 0.2) is 58.5 Å². The summed E-state index contributed by atoms with van der Waals surface area (Å²) >= 11 is 6.13. The van der Waals surface area contributed by atoms with Gasteiger partial charge in [0.05, 0.1) is 9.95 Å². The zero-order valence-electron chi connectivity index (χ0n) is 16.1. The van der Waals surface area contributed by atoms with Crippen molar-refractivity contribution in [3.05, 3.63) is 86.1 Å². The molecular formula is C22H16ClN3O4. The van der Waals surface area contributed by atoms with E-state index < -0.39 is 10.8 Å². The molecule has 3 aromatic rings. The molecule has 0 unspecified atom stereocenters. The molecule has 0 aliphatic heterocycles. The van der Waals surface area contributed by atoms with Crippen molar-refractivity contribution in [2.24, 2.45) is 0 Å². The Balaban J connectivity index is 1.86. The van der Waals surface area contributed by atoms with Gasteiger partial charge in [0.1, 0.15) is 23.2 Å². The minimum atomic E-state index is -0.577. The number of nitrogens with zero attached hydrogens (tertiary/aromatic N) is 2. The van der Waals surface area contributed by atoms with Gasteiger partial charge in [-0.3, -0.25) is 14.9 Å². The minimum Gasteiger partial charge on any atom is -0.457 e.